The maximum Gasteiger partial charge on any atom is 0.201 e. The van der Waals surface area contributed by atoms with E-state index in [1.165, 1.54) is 7.11 Å². The van der Waals surface area contributed by atoms with Gasteiger partial charge in [-0.05, 0) is 34.5 Å². The Balaban J connectivity index is 3.40. The molecule has 2 N–H and O–H groups in total. The third-order valence-electron chi connectivity index (χ3n) is 1.57. The van der Waals surface area contributed by atoms with Crippen LogP contribution in [0, 0.1) is 6.92 Å². The first kappa shape index (κ1) is 9.19. The summed E-state index contributed by atoms with van der Waals surface area (Å²) < 4.78 is 5.34. The third kappa shape index (κ3) is 1.34. The number of methoxy groups -OCH3 is 1. The molecule has 1 rings (SSSR count). The molecule has 0 bridgehead atoms. The quantitative estimate of drug-likeness (QED) is 0.731. The fraction of sp³-hybridized carbons (Fsp3) is 0.250. The minimum atomic E-state index is -0.232. The molecule has 0 aliphatic carbocycles. The second kappa shape index (κ2) is 3.23. The van der Waals surface area contributed by atoms with Crippen molar-refractivity contribution in [3.8, 4) is 17.2 Å². The molecule has 0 atom stereocenters. The molecule has 66 valence electrons. The van der Waals surface area contributed by atoms with Crippen LogP contribution in [0.1, 0.15) is 5.56 Å². The summed E-state index contributed by atoms with van der Waals surface area (Å²) in [6.45, 7) is 1.78. The van der Waals surface area contributed by atoms with Crippen LogP contribution in [0.5, 0.6) is 17.2 Å². The van der Waals surface area contributed by atoms with Crippen LogP contribution in [-0.4, -0.2) is 17.3 Å². The first-order chi connectivity index (χ1) is 5.57. The van der Waals surface area contributed by atoms with Gasteiger partial charge in [-0.25, -0.2) is 0 Å². The normalized spacial score (nSPS) is 9.92. The zero-order valence-electron chi connectivity index (χ0n) is 6.76. The number of benzene rings is 1. The Morgan fingerprint density at radius 1 is 1.33 bits per heavy atom. The number of phenols is 2. The first-order valence-corrected chi connectivity index (χ1v) is 4.12. The Labute approximate surface area is 78.7 Å². The smallest absolute Gasteiger partial charge is 0.201 e. The number of halogens is 1. The molecule has 0 aromatic heterocycles. The molecule has 0 heterocycles. The zero-order chi connectivity index (χ0) is 9.30. The van der Waals surface area contributed by atoms with Crippen LogP contribution in [0.2, 0.25) is 0 Å². The maximum atomic E-state index is 9.35. The second-order valence-corrected chi connectivity index (χ2v) is 3.26. The maximum absolute atomic E-state index is 9.35. The number of hydrogen-bond donors (Lipinski definition) is 2. The van der Waals surface area contributed by atoms with Crippen LogP contribution in [0.4, 0.5) is 0 Å². The van der Waals surface area contributed by atoms with Crippen LogP contribution < -0.4 is 4.74 Å². The van der Waals surface area contributed by atoms with E-state index in [1.54, 1.807) is 13.0 Å². The summed E-state index contributed by atoms with van der Waals surface area (Å²) in [4.78, 5) is 0. The topological polar surface area (TPSA) is 49.7 Å². The summed E-state index contributed by atoms with van der Waals surface area (Å²) in [6.07, 6.45) is 0. The summed E-state index contributed by atoms with van der Waals surface area (Å²) in [5.41, 5.74) is 0.764. The Morgan fingerprint density at radius 3 is 2.42 bits per heavy atom. The average molecular weight is 233 g/mol. The molecule has 1 aromatic rings. The Morgan fingerprint density at radius 2 is 1.92 bits per heavy atom. The molecule has 4 heteroatoms. The van der Waals surface area contributed by atoms with E-state index < -0.39 is 0 Å². The van der Waals surface area contributed by atoms with Crippen LogP contribution in [0.25, 0.3) is 0 Å². The van der Waals surface area contributed by atoms with Crippen LogP contribution in [-0.2, 0) is 0 Å². The predicted octanol–water partition coefficient (Wildman–Crippen LogP) is 2.18. The summed E-state index contributed by atoms with van der Waals surface area (Å²) in [6, 6.07) is 1.67. The van der Waals surface area contributed by atoms with Crippen molar-refractivity contribution in [1.29, 1.82) is 0 Å². The van der Waals surface area contributed by atoms with Crippen molar-refractivity contribution in [3.05, 3.63) is 16.1 Å². The van der Waals surface area contributed by atoms with E-state index in [9.17, 15) is 10.2 Å². The lowest BCUT2D eigenvalue weighted by Gasteiger charge is -2.09. The van der Waals surface area contributed by atoms with Crippen molar-refractivity contribution < 1.29 is 14.9 Å². The second-order valence-electron chi connectivity index (χ2n) is 2.41. The van der Waals surface area contributed by atoms with E-state index in [0.29, 0.717) is 10.2 Å². The molecule has 0 amide bonds. The molecular weight excluding hydrogens is 224 g/mol. The van der Waals surface area contributed by atoms with E-state index >= 15 is 0 Å². The number of phenolic OH excluding ortho intramolecular Hbond substituents is 2. The highest BCUT2D eigenvalue weighted by Crippen LogP contribution is 2.42. The number of hydrogen-bond acceptors (Lipinski definition) is 3. The first-order valence-electron chi connectivity index (χ1n) is 3.33. The minimum absolute atomic E-state index is 0.197. The van der Waals surface area contributed by atoms with Gasteiger partial charge in [-0.15, -0.1) is 0 Å². The predicted molar refractivity (Wildman–Crippen MR) is 48.8 cm³/mol. The minimum Gasteiger partial charge on any atom is -0.503 e. The highest BCUT2D eigenvalue weighted by atomic mass is 79.9. The average Bonchev–Trinajstić information content (AvgIpc) is 2.01. The molecule has 1 aromatic carbocycles. The molecule has 3 nitrogen and oxygen atoms in total. The largest absolute Gasteiger partial charge is 0.503 e. The Bertz CT molecular complexity index is 310. The van der Waals surface area contributed by atoms with Crippen molar-refractivity contribution in [1.82, 2.24) is 0 Å². The molecule has 0 aliphatic heterocycles. The van der Waals surface area contributed by atoms with Gasteiger partial charge in [0.15, 0.2) is 11.5 Å². The van der Waals surface area contributed by atoms with Gasteiger partial charge >= 0.3 is 0 Å². The highest BCUT2D eigenvalue weighted by molar-refractivity contribution is 9.10. The number of aryl methyl sites for hydroxylation is 1. The van der Waals surface area contributed by atoms with E-state index in [-0.39, 0.29) is 11.5 Å². The molecule has 0 fully saturated rings. The van der Waals surface area contributed by atoms with Gasteiger partial charge in [0.1, 0.15) is 0 Å². The monoisotopic (exact) mass is 232 g/mol. The van der Waals surface area contributed by atoms with Crippen molar-refractivity contribution in [2.45, 2.75) is 6.92 Å². The van der Waals surface area contributed by atoms with Gasteiger partial charge in [0.2, 0.25) is 5.75 Å². The lowest BCUT2D eigenvalue weighted by Crippen LogP contribution is -1.88. The fourth-order valence-corrected chi connectivity index (χ4v) is 1.52. The van der Waals surface area contributed by atoms with Gasteiger partial charge in [-0.1, -0.05) is 0 Å². The molecular formula is C8H9BrO3. The van der Waals surface area contributed by atoms with E-state index in [1.807, 2.05) is 0 Å². The van der Waals surface area contributed by atoms with Gasteiger partial charge in [0.25, 0.3) is 0 Å². The molecule has 0 saturated carbocycles. The lowest BCUT2D eigenvalue weighted by atomic mass is 10.2. The van der Waals surface area contributed by atoms with Crippen molar-refractivity contribution >= 4 is 15.9 Å². The van der Waals surface area contributed by atoms with Gasteiger partial charge in [0, 0.05) is 0 Å². The van der Waals surface area contributed by atoms with E-state index in [4.69, 9.17) is 4.74 Å². The van der Waals surface area contributed by atoms with Crippen molar-refractivity contribution in [2.24, 2.45) is 0 Å². The SMILES string of the molecule is COc1c(C)cc(Br)c(O)c1O. The molecule has 12 heavy (non-hydrogen) atoms. The van der Waals surface area contributed by atoms with Gasteiger partial charge < -0.3 is 14.9 Å². The zero-order valence-corrected chi connectivity index (χ0v) is 8.34. The summed E-state index contributed by atoms with van der Waals surface area (Å²) in [5.74, 6) is -0.127. The van der Waals surface area contributed by atoms with Crippen LogP contribution in [0.3, 0.4) is 0 Å². The summed E-state index contributed by atoms with van der Waals surface area (Å²) in [7, 11) is 1.44. The number of rotatable bonds is 1. The van der Waals surface area contributed by atoms with Gasteiger partial charge in [-0.3, -0.25) is 0 Å². The van der Waals surface area contributed by atoms with Crippen molar-refractivity contribution in [3.63, 3.8) is 0 Å². The van der Waals surface area contributed by atoms with Gasteiger partial charge in [-0.2, -0.15) is 0 Å². The highest BCUT2D eigenvalue weighted by Gasteiger charge is 2.13. The van der Waals surface area contributed by atoms with E-state index in [2.05, 4.69) is 15.9 Å². The molecule has 0 unspecified atom stereocenters. The fourth-order valence-electron chi connectivity index (χ4n) is 0.989. The summed E-state index contributed by atoms with van der Waals surface area (Å²) in [5, 5.41) is 18.6. The van der Waals surface area contributed by atoms with Crippen molar-refractivity contribution in [2.75, 3.05) is 7.11 Å². The molecule has 0 aliphatic rings. The molecule has 0 saturated heterocycles. The number of ether oxygens (including phenoxy) is 1. The Hall–Kier alpha value is -0.900. The number of aromatic hydroxyl groups is 2. The summed E-state index contributed by atoms with van der Waals surface area (Å²) >= 11 is 3.09. The molecule has 0 radical (unpaired) electrons. The van der Waals surface area contributed by atoms with Crippen LogP contribution in [0.15, 0.2) is 10.5 Å². The van der Waals surface area contributed by atoms with Crippen LogP contribution >= 0.6 is 15.9 Å². The standard InChI is InChI=1S/C8H9BrO3/c1-4-3-5(9)6(10)7(11)8(4)12-2/h3,10-11H,1-2H3. The van der Waals surface area contributed by atoms with E-state index in [0.717, 1.165) is 5.56 Å². The van der Waals surface area contributed by atoms with Gasteiger partial charge in [0.05, 0.1) is 11.6 Å². The third-order valence-corrected chi connectivity index (χ3v) is 2.18. The molecule has 0 spiro atoms. The Kier molecular flexibility index (Phi) is 2.47. The lowest BCUT2D eigenvalue weighted by molar-refractivity contribution is 0.348.